The lowest BCUT2D eigenvalue weighted by atomic mass is 10.2. The molecule has 0 aromatic carbocycles. The second kappa shape index (κ2) is 6.67. The molecule has 0 bridgehead atoms. The molecule has 0 radical (unpaired) electrons. The summed E-state index contributed by atoms with van der Waals surface area (Å²) in [5.74, 6) is 1.35. The molecule has 0 spiro atoms. The first kappa shape index (κ1) is 14.7. The van der Waals surface area contributed by atoms with E-state index in [-0.39, 0.29) is 12.6 Å². The van der Waals surface area contributed by atoms with E-state index in [0.29, 0.717) is 18.1 Å². The summed E-state index contributed by atoms with van der Waals surface area (Å²) < 4.78 is 1.69. The summed E-state index contributed by atoms with van der Waals surface area (Å²) in [5, 5.41) is 27.2. The number of rotatable bonds is 6. The van der Waals surface area contributed by atoms with Gasteiger partial charge in [0.2, 0.25) is 0 Å². The molecule has 114 valence electrons. The van der Waals surface area contributed by atoms with Gasteiger partial charge in [0, 0.05) is 17.7 Å². The Morgan fingerprint density at radius 1 is 1.27 bits per heavy atom. The van der Waals surface area contributed by atoms with Gasteiger partial charge >= 0.3 is 0 Å². The molecule has 0 aliphatic rings. The van der Waals surface area contributed by atoms with Crippen molar-refractivity contribution in [1.29, 1.82) is 0 Å². The molecule has 0 aliphatic heterocycles. The van der Waals surface area contributed by atoms with E-state index < -0.39 is 0 Å². The smallest absolute Gasteiger partial charge is 0.175 e. The first-order valence-corrected chi connectivity index (χ1v) is 7.91. The molecule has 0 saturated carbocycles. The Hall–Kier alpha value is -2.25. The van der Waals surface area contributed by atoms with Crippen LogP contribution in [-0.2, 0) is 0 Å². The Morgan fingerprint density at radius 2 is 2.18 bits per heavy atom. The Morgan fingerprint density at radius 3 is 2.77 bits per heavy atom. The van der Waals surface area contributed by atoms with Crippen molar-refractivity contribution in [2.24, 2.45) is 0 Å². The maximum atomic E-state index is 9.23. The molecule has 3 aromatic heterocycles. The highest BCUT2D eigenvalue weighted by molar-refractivity contribution is 7.10. The van der Waals surface area contributed by atoms with E-state index in [2.05, 4.69) is 20.6 Å². The third kappa shape index (κ3) is 3.32. The third-order valence-corrected chi connectivity index (χ3v) is 4.22. The monoisotopic (exact) mass is 315 g/mol. The number of aliphatic hydroxyl groups is 1. The standard InChI is InChI=1S/C15H17N5OS/c1-11-6-8-20(19-11)15-5-4-14(17-18-15)16-12(7-9-21)13-3-2-10-22-13/h2-6,8,10,12,21H,7,9H2,1H3,(H,16,17). The number of aromatic nitrogens is 4. The van der Waals surface area contributed by atoms with Crippen molar-refractivity contribution in [2.45, 2.75) is 19.4 Å². The third-order valence-electron chi connectivity index (χ3n) is 3.23. The fourth-order valence-electron chi connectivity index (χ4n) is 2.15. The fourth-order valence-corrected chi connectivity index (χ4v) is 2.96. The van der Waals surface area contributed by atoms with Crippen LogP contribution in [0.5, 0.6) is 0 Å². The van der Waals surface area contributed by atoms with Gasteiger partial charge in [0.15, 0.2) is 5.82 Å². The Kier molecular flexibility index (Phi) is 4.45. The number of nitrogens with one attached hydrogen (secondary N) is 1. The maximum absolute atomic E-state index is 9.23. The SMILES string of the molecule is Cc1ccn(-c2ccc(NC(CCO)c3cccs3)nn2)n1. The molecule has 0 aliphatic carbocycles. The van der Waals surface area contributed by atoms with E-state index >= 15 is 0 Å². The first-order valence-electron chi connectivity index (χ1n) is 7.03. The minimum Gasteiger partial charge on any atom is -0.396 e. The van der Waals surface area contributed by atoms with E-state index in [9.17, 15) is 5.11 Å². The summed E-state index contributed by atoms with van der Waals surface area (Å²) >= 11 is 1.66. The van der Waals surface area contributed by atoms with Gasteiger partial charge in [0.25, 0.3) is 0 Å². The van der Waals surface area contributed by atoms with Crippen LogP contribution < -0.4 is 5.32 Å². The molecule has 3 aromatic rings. The lowest BCUT2D eigenvalue weighted by Gasteiger charge is -2.16. The highest BCUT2D eigenvalue weighted by atomic mass is 32.1. The van der Waals surface area contributed by atoms with Gasteiger partial charge in [-0.25, -0.2) is 4.68 Å². The maximum Gasteiger partial charge on any atom is 0.175 e. The van der Waals surface area contributed by atoms with Gasteiger partial charge in [-0.1, -0.05) is 6.07 Å². The van der Waals surface area contributed by atoms with Crippen LogP contribution in [-0.4, -0.2) is 31.7 Å². The van der Waals surface area contributed by atoms with Crippen LogP contribution in [0, 0.1) is 6.92 Å². The summed E-state index contributed by atoms with van der Waals surface area (Å²) in [7, 11) is 0. The molecule has 1 atom stereocenters. The molecule has 0 saturated heterocycles. The average molecular weight is 315 g/mol. The number of hydrogen-bond acceptors (Lipinski definition) is 6. The number of aliphatic hydroxyl groups excluding tert-OH is 1. The van der Waals surface area contributed by atoms with Crippen molar-refractivity contribution < 1.29 is 5.11 Å². The van der Waals surface area contributed by atoms with Crippen LogP contribution in [0.2, 0.25) is 0 Å². The number of anilines is 1. The Bertz CT molecular complexity index is 708. The topological polar surface area (TPSA) is 75.9 Å². The van der Waals surface area contributed by atoms with Gasteiger partial charge in [-0.2, -0.15) is 5.10 Å². The quantitative estimate of drug-likeness (QED) is 0.731. The predicted molar refractivity (Wildman–Crippen MR) is 86.3 cm³/mol. The van der Waals surface area contributed by atoms with Crippen LogP contribution in [0.1, 0.15) is 23.0 Å². The molecule has 3 rings (SSSR count). The summed E-state index contributed by atoms with van der Waals surface area (Å²) in [6.07, 6.45) is 2.48. The molecule has 2 N–H and O–H groups in total. The summed E-state index contributed by atoms with van der Waals surface area (Å²) in [5.41, 5.74) is 0.935. The fraction of sp³-hybridized carbons (Fsp3) is 0.267. The summed E-state index contributed by atoms with van der Waals surface area (Å²) in [6, 6.07) is 9.75. The predicted octanol–water partition coefficient (Wildman–Crippen LogP) is 2.57. The zero-order valence-electron chi connectivity index (χ0n) is 12.2. The largest absolute Gasteiger partial charge is 0.396 e. The minimum atomic E-state index is 0.0390. The molecule has 3 heterocycles. The summed E-state index contributed by atoms with van der Waals surface area (Å²) in [6.45, 7) is 2.05. The van der Waals surface area contributed by atoms with Crippen LogP contribution in [0.25, 0.3) is 5.82 Å². The second-order valence-electron chi connectivity index (χ2n) is 4.90. The second-order valence-corrected chi connectivity index (χ2v) is 5.88. The number of nitrogens with zero attached hydrogens (tertiary/aromatic N) is 4. The molecular formula is C15H17N5OS. The molecule has 1 unspecified atom stereocenters. The van der Waals surface area contributed by atoms with Gasteiger partial charge in [-0.05, 0) is 43.0 Å². The van der Waals surface area contributed by atoms with Crippen LogP contribution >= 0.6 is 11.3 Å². The summed E-state index contributed by atoms with van der Waals surface area (Å²) in [4.78, 5) is 1.17. The molecule has 0 fully saturated rings. The number of aryl methyl sites for hydroxylation is 1. The first-order chi connectivity index (χ1) is 10.8. The normalized spacial score (nSPS) is 12.3. The molecule has 6 nitrogen and oxygen atoms in total. The van der Waals surface area contributed by atoms with Crippen LogP contribution in [0.4, 0.5) is 5.82 Å². The van der Waals surface area contributed by atoms with Crippen LogP contribution in [0.3, 0.4) is 0 Å². The number of hydrogen-bond donors (Lipinski definition) is 2. The minimum absolute atomic E-state index is 0.0390. The van der Waals surface area contributed by atoms with Crippen LogP contribution in [0.15, 0.2) is 41.9 Å². The lowest BCUT2D eigenvalue weighted by Crippen LogP contribution is -2.13. The van der Waals surface area contributed by atoms with Gasteiger partial charge in [0.1, 0.15) is 5.82 Å². The molecule has 0 amide bonds. The average Bonchev–Trinajstić information content (AvgIpc) is 3.19. The van der Waals surface area contributed by atoms with Crippen molar-refractivity contribution in [1.82, 2.24) is 20.0 Å². The highest BCUT2D eigenvalue weighted by Gasteiger charge is 2.13. The Balaban J connectivity index is 1.74. The van der Waals surface area contributed by atoms with Crippen molar-refractivity contribution in [3.05, 3.63) is 52.5 Å². The van der Waals surface area contributed by atoms with Crippen molar-refractivity contribution in [3.8, 4) is 5.82 Å². The zero-order valence-corrected chi connectivity index (χ0v) is 13.0. The van der Waals surface area contributed by atoms with Crippen molar-refractivity contribution >= 4 is 17.2 Å². The zero-order chi connectivity index (χ0) is 15.4. The van der Waals surface area contributed by atoms with Gasteiger partial charge in [0.05, 0.1) is 11.7 Å². The lowest BCUT2D eigenvalue weighted by molar-refractivity contribution is 0.280. The van der Waals surface area contributed by atoms with E-state index in [4.69, 9.17) is 0 Å². The highest BCUT2D eigenvalue weighted by Crippen LogP contribution is 2.25. The molecular weight excluding hydrogens is 298 g/mol. The molecule has 22 heavy (non-hydrogen) atoms. The van der Waals surface area contributed by atoms with E-state index in [1.165, 1.54) is 4.88 Å². The van der Waals surface area contributed by atoms with Gasteiger partial charge in [-0.15, -0.1) is 21.5 Å². The van der Waals surface area contributed by atoms with E-state index in [1.54, 1.807) is 16.0 Å². The van der Waals surface area contributed by atoms with E-state index in [0.717, 1.165) is 5.69 Å². The molecule has 7 heteroatoms. The Labute approximate surface area is 132 Å². The van der Waals surface area contributed by atoms with Gasteiger partial charge in [-0.3, -0.25) is 0 Å². The van der Waals surface area contributed by atoms with Crippen molar-refractivity contribution in [2.75, 3.05) is 11.9 Å². The number of thiophene rings is 1. The van der Waals surface area contributed by atoms with E-state index in [1.807, 2.05) is 48.8 Å². The van der Waals surface area contributed by atoms with Gasteiger partial charge < -0.3 is 10.4 Å². The van der Waals surface area contributed by atoms with Crippen molar-refractivity contribution in [3.63, 3.8) is 0 Å².